The molecule has 7 heteroatoms. The number of imidazole rings is 1. The summed E-state index contributed by atoms with van der Waals surface area (Å²) in [6.45, 7) is 3.91. The minimum Gasteiger partial charge on any atom is -0.484 e. The van der Waals surface area contributed by atoms with Gasteiger partial charge in [0.1, 0.15) is 17.2 Å². The highest BCUT2D eigenvalue weighted by molar-refractivity contribution is 5.93. The van der Waals surface area contributed by atoms with Crippen LogP contribution in [0, 0.1) is 5.92 Å². The Morgan fingerprint density at radius 3 is 2.53 bits per heavy atom. The average molecular weight is 482 g/mol. The van der Waals surface area contributed by atoms with Crippen LogP contribution in [0.2, 0.25) is 0 Å². The van der Waals surface area contributed by atoms with Crippen LogP contribution in [0.5, 0.6) is 5.75 Å². The molecule has 0 aliphatic carbocycles. The molecule has 1 N–H and O–H groups in total. The van der Waals surface area contributed by atoms with E-state index in [1.807, 2.05) is 86.1 Å². The van der Waals surface area contributed by atoms with Crippen LogP contribution in [0.4, 0.5) is 0 Å². The van der Waals surface area contributed by atoms with Crippen molar-refractivity contribution in [1.29, 1.82) is 0 Å². The summed E-state index contributed by atoms with van der Waals surface area (Å²) in [7, 11) is 1.95. The van der Waals surface area contributed by atoms with Gasteiger partial charge in [-0.25, -0.2) is 9.78 Å². The van der Waals surface area contributed by atoms with E-state index in [9.17, 15) is 9.59 Å². The van der Waals surface area contributed by atoms with Gasteiger partial charge in [0.2, 0.25) is 0 Å². The van der Waals surface area contributed by atoms with E-state index in [2.05, 4.69) is 5.32 Å². The average Bonchev–Trinajstić information content (AvgIpc) is 3.21. The highest BCUT2D eigenvalue weighted by Gasteiger charge is 2.24. The van der Waals surface area contributed by atoms with E-state index in [4.69, 9.17) is 14.1 Å². The molecule has 3 aromatic carbocycles. The lowest BCUT2D eigenvalue weighted by atomic mass is 10.0. The summed E-state index contributed by atoms with van der Waals surface area (Å²) < 4.78 is 13.2. The minimum atomic E-state index is -0.446. The molecule has 1 atom stereocenters. The number of nitrogens with zero attached hydrogens (tertiary/aromatic N) is 2. The van der Waals surface area contributed by atoms with Crippen molar-refractivity contribution in [1.82, 2.24) is 14.9 Å². The molecule has 2 aromatic heterocycles. The maximum Gasteiger partial charge on any atom is 0.336 e. The van der Waals surface area contributed by atoms with Gasteiger partial charge in [0.15, 0.2) is 6.61 Å². The fourth-order valence-corrected chi connectivity index (χ4v) is 4.43. The largest absolute Gasteiger partial charge is 0.484 e. The number of ether oxygens (including phenoxy) is 1. The molecule has 2 heterocycles. The predicted octanol–water partition coefficient (Wildman–Crippen LogP) is 5.24. The zero-order chi connectivity index (χ0) is 25.2. The second kappa shape index (κ2) is 9.70. The lowest BCUT2D eigenvalue weighted by Gasteiger charge is -2.22. The summed E-state index contributed by atoms with van der Waals surface area (Å²) in [5.41, 5.74) is 3.56. The molecule has 0 bridgehead atoms. The predicted molar refractivity (Wildman–Crippen MR) is 140 cm³/mol. The maximum absolute atomic E-state index is 12.8. The van der Waals surface area contributed by atoms with Gasteiger partial charge in [0, 0.05) is 24.6 Å². The van der Waals surface area contributed by atoms with Gasteiger partial charge >= 0.3 is 5.63 Å². The van der Waals surface area contributed by atoms with Crippen LogP contribution in [-0.4, -0.2) is 22.1 Å². The molecule has 5 rings (SSSR count). The first-order valence-corrected chi connectivity index (χ1v) is 11.9. The summed E-state index contributed by atoms with van der Waals surface area (Å²) in [4.78, 5) is 29.8. The lowest BCUT2D eigenvalue weighted by Crippen LogP contribution is -2.36. The molecule has 182 valence electrons. The number of aryl methyl sites for hydroxylation is 1. The molecule has 1 amide bonds. The van der Waals surface area contributed by atoms with E-state index < -0.39 is 5.63 Å². The van der Waals surface area contributed by atoms with Crippen molar-refractivity contribution in [2.75, 3.05) is 6.61 Å². The van der Waals surface area contributed by atoms with Crippen LogP contribution in [0.15, 0.2) is 88.1 Å². The Morgan fingerprint density at radius 1 is 1.03 bits per heavy atom. The van der Waals surface area contributed by atoms with Crippen molar-refractivity contribution >= 4 is 27.9 Å². The molecule has 0 aliphatic heterocycles. The van der Waals surface area contributed by atoms with E-state index in [0.29, 0.717) is 11.3 Å². The molecule has 36 heavy (non-hydrogen) atoms. The van der Waals surface area contributed by atoms with E-state index in [1.165, 1.54) is 6.07 Å². The topological polar surface area (TPSA) is 86.4 Å². The van der Waals surface area contributed by atoms with Crippen molar-refractivity contribution in [3.8, 4) is 16.9 Å². The molecular formula is C29H27N3O4. The van der Waals surface area contributed by atoms with Crippen LogP contribution < -0.4 is 15.7 Å². The van der Waals surface area contributed by atoms with Gasteiger partial charge in [0.25, 0.3) is 5.91 Å². The molecule has 0 saturated carbocycles. The number of carbonyl (C=O) groups is 1. The molecule has 7 nitrogen and oxygen atoms in total. The standard InChI is InChI=1S/C29H27N3O4/c1-18(2)28(29-30-23-11-7-8-12-24(23)32(29)3)31-26(33)17-35-20-13-14-21-22(19-9-5-4-6-10-19)16-27(34)36-25(21)15-20/h4-16,18,28H,17H2,1-3H3,(H,31,33)/t28-/m0/s1. The van der Waals surface area contributed by atoms with Gasteiger partial charge in [0.05, 0.1) is 17.1 Å². The SMILES string of the molecule is CC(C)[C@H](NC(=O)COc1ccc2c(-c3ccccc3)cc(=O)oc2c1)c1nc2ccccc2n1C. The molecule has 0 unspecified atom stereocenters. The monoisotopic (exact) mass is 481 g/mol. The Labute approximate surface area is 208 Å². The molecule has 0 radical (unpaired) electrons. The molecule has 0 fully saturated rings. The number of hydrogen-bond acceptors (Lipinski definition) is 5. The highest BCUT2D eigenvalue weighted by Crippen LogP contribution is 2.30. The third-order valence-electron chi connectivity index (χ3n) is 6.25. The van der Waals surface area contributed by atoms with Crippen LogP contribution in [-0.2, 0) is 11.8 Å². The summed E-state index contributed by atoms with van der Waals surface area (Å²) in [5, 5.41) is 3.85. The van der Waals surface area contributed by atoms with E-state index >= 15 is 0 Å². The second-order valence-electron chi connectivity index (χ2n) is 9.10. The Hall–Kier alpha value is -4.39. The molecular weight excluding hydrogens is 454 g/mol. The van der Waals surface area contributed by atoms with Gasteiger partial charge in [-0.3, -0.25) is 4.79 Å². The number of aromatic nitrogens is 2. The Kier molecular flexibility index (Phi) is 6.29. The van der Waals surface area contributed by atoms with Crippen molar-refractivity contribution in [2.45, 2.75) is 19.9 Å². The number of para-hydroxylation sites is 2. The number of rotatable bonds is 7. The van der Waals surface area contributed by atoms with Crippen LogP contribution >= 0.6 is 0 Å². The van der Waals surface area contributed by atoms with Crippen molar-refractivity contribution in [3.63, 3.8) is 0 Å². The van der Waals surface area contributed by atoms with Gasteiger partial charge < -0.3 is 19.0 Å². The van der Waals surface area contributed by atoms with Gasteiger partial charge in [-0.05, 0) is 41.3 Å². The maximum atomic E-state index is 12.8. The number of carbonyl (C=O) groups excluding carboxylic acids is 1. The normalized spacial score (nSPS) is 12.2. The van der Waals surface area contributed by atoms with Gasteiger partial charge in [-0.1, -0.05) is 56.3 Å². The highest BCUT2D eigenvalue weighted by atomic mass is 16.5. The number of amides is 1. The number of hydrogen-bond donors (Lipinski definition) is 1. The molecule has 0 spiro atoms. The van der Waals surface area contributed by atoms with E-state index in [1.54, 1.807) is 12.1 Å². The number of nitrogens with one attached hydrogen (secondary N) is 1. The fraction of sp³-hybridized carbons (Fsp3) is 0.207. The fourth-order valence-electron chi connectivity index (χ4n) is 4.43. The smallest absolute Gasteiger partial charge is 0.336 e. The first kappa shape index (κ1) is 23.4. The Morgan fingerprint density at radius 2 is 1.78 bits per heavy atom. The Bertz CT molecular complexity index is 1600. The first-order chi connectivity index (χ1) is 17.4. The van der Waals surface area contributed by atoms with Crippen molar-refractivity contribution in [2.24, 2.45) is 13.0 Å². The molecule has 5 aromatic rings. The summed E-state index contributed by atoms with van der Waals surface area (Å²) >= 11 is 0. The number of fused-ring (bicyclic) bond motifs is 2. The van der Waals surface area contributed by atoms with Crippen LogP contribution in [0.1, 0.15) is 25.7 Å². The van der Waals surface area contributed by atoms with Gasteiger partial charge in [-0.15, -0.1) is 0 Å². The third kappa shape index (κ3) is 4.60. The van der Waals surface area contributed by atoms with Crippen LogP contribution in [0.25, 0.3) is 33.1 Å². The first-order valence-electron chi connectivity index (χ1n) is 11.9. The van der Waals surface area contributed by atoms with E-state index in [-0.39, 0.29) is 24.5 Å². The number of benzene rings is 3. The zero-order valence-electron chi connectivity index (χ0n) is 20.4. The molecule has 0 saturated heterocycles. The Balaban J connectivity index is 1.33. The summed E-state index contributed by atoms with van der Waals surface area (Å²) in [5.74, 6) is 1.09. The van der Waals surface area contributed by atoms with Crippen molar-refractivity contribution < 1.29 is 13.9 Å². The zero-order valence-corrected chi connectivity index (χ0v) is 20.4. The van der Waals surface area contributed by atoms with Crippen LogP contribution in [0.3, 0.4) is 0 Å². The summed E-state index contributed by atoms with van der Waals surface area (Å²) in [6, 6.07) is 24.0. The second-order valence-corrected chi connectivity index (χ2v) is 9.10. The third-order valence-corrected chi connectivity index (χ3v) is 6.25. The lowest BCUT2D eigenvalue weighted by molar-refractivity contribution is -0.124. The van der Waals surface area contributed by atoms with Gasteiger partial charge in [-0.2, -0.15) is 0 Å². The minimum absolute atomic E-state index is 0.121. The quantitative estimate of drug-likeness (QED) is 0.321. The van der Waals surface area contributed by atoms with Crippen molar-refractivity contribution in [3.05, 3.63) is 95.1 Å². The molecule has 0 aliphatic rings. The summed E-state index contributed by atoms with van der Waals surface area (Å²) in [6.07, 6.45) is 0. The van der Waals surface area contributed by atoms with E-state index in [0.717, 1.165) is 33.4 Å².